The van der Waals surface area contributed by atoms with E-state index in [4.69, 9.17) is 61.1 Å². The SMILES string of the molecule is CC[C@H]1OC(=O)[C@H](C)[C@@H](O[C@H]2C[C@@](C)(OC)[C@@H](O)[C@H](C)O2)[C@H](C)[C@@H](O[C@H]2C[C@@H](N(C)C3CC(C)C(C)C3)C[C@@H](C)O2)[C@@](C)(OC)C[C@@H](C)C(=O)[C@H](C)[C@H]2N(CCc3ccc(Cl)c(Cl)c3)C(=O)O[C@]12C. The first kappa shape index (κ1) is 56.2. The lowest BCUT2D eigenvalue weighted by Gasteiger charge is -2.49. The van der Waals surface area contributed by atoms with Crippen LogP contribution in [0.5, 0.6) is 0 Å². The number of benzene rings is 1. The zero-order chi connectivity index (χ0) is 51.1. The van der Waals surface area contributed by atoms with Gasteiger partial charge in [0.25, 0.3) is 0 Å². The van der Waals surface area contributed by atoms with E-state index in [0.29, 0.717) is 40.8 Å². The number of nitrogens with zero attached hydrogens (tertiary/aromatic N) is 2. The molecule has 4 aliphatic heterocycles. The molecular weight excluding hydrogens is 927 g/mol. The lowest BCUT2D eigenvalue weighted by molar-refractivity contribution is -0.309. The van der Waals surface area contributed by atoms with Gasteiger partial charge in [-0.1, -0.05) is 70.8 Å². The van der Waals surface area contributed by atoms with Crippen molar-refractivity contribution in [1.82, 2.24) is 9.80 Å². The number of methoxy groups -OCH3 is 2. The monoisotopic (exact) mass is 1010 g/mol. The molecule has 392 valence electrons. The molecule has 0 bridgehead atoms. The lowest BCUT2D eigenvalue weighted by atomic mass is 9.73. The third kappa shape index (κ3) is 11.8. The summed E-state index contributed by atoms with van der Waals surface area (Å²) >= 11 is 12.6. The molecule has 5 fully saturated rings. The zero-order valence-electron chi connectivity index (χ0n) is 44.0. The summed E-state index contributed by atoms with van der Waals surface area (Å²) in [6.07, 6.45) is -1.77. The Balaban J connectivity index is 1.42. The van der Waals surface area contributed by atoms with E-state index in [1.54, 1.807) is 52.0 Å². The van der Waals surface area contributed by atoms with E-state index in [0.717, 1.165) is 24.8 Å². The molecule has 6 rings (SSSR count). The van der Waals surface area contributed by atoms with Gasteiger partial charge in [-0.05, 0) is 117 Å². The Morgan fingerprint density at radius 3 is 2.06 bits per heavy atom. The second kappa shape index (κ2) is 22.6. The fourth-order valence-corrected chi connectivity index (χ4v) is 13.0. The normalized spacial score (nSPS) is 43.9. The number of aliphatic hydroxyl groups is 1. The van der Waals surface area contributed by atoms with Crippen LogP contribution in [0.25, 0.3) is 0 Å². The first-order valence-electron chi connectivity index (χ1n) is 25.6. The van der Waals surface area contributed by atoms with Gasteiger partial charge in [-0.25, -0.2) is 4.79 Å². The zero-order valence-corrected chi connectivity index (χ0v) is 45.5. The van der Waals surface area contributed by atoms with Crippen molar-refractivity contribution in [2.45, 2.75) is 219 Å². The molecule has 16 heteroatoms. The summed E-state index contributed by atoms with van der Waals surface area (Å²) in [6, 6.07) is 5.16. The number of carbonyl (C=O) groups is 3. The Morgan fingerprint density at radius 1 is 0.812 bits per heavy atom. The summed E-state index contributed by atoms with van der Waals surface area (Å²) in [5.41, 5.74) is -2.76. The van der Waals surface area contributed by atoms with Crippen molar-refractivity contribution in [3.8, 4) is 0 Å². The summed E-state index contributed by atoms with van der Waals surface area (Å²) in [5, 5.41) is 12.0. The van der Waals surface area contributed by atoms with Gasteiger partial charge in [0.2, 0.25) is 0 Å². The van der Waals surface area contributed by atoms with Crippen molar-refractivity contribution in [3.05, 3.63) is 33.8 Å². The highest BCUT2D eigenvalue weighted by atomic mass is 35.5. The van der Waals surface area contributed by atoms with E-state index in [9.17, 15) is 9.90 Å². The Hall–Kier alpha value is -2.11. The van der Waals surface area contributed by atoms with Gasteiger partial charge in [-0.15, -0.1) is 0 Å². The van der Waals surface area contributed by atoms with Crippen LogP contribution in [-0.2, 0) is 53.9 Å². The third-order valence-electron chi connectivity index (χ3n) is 17.4. The number of hydrogen-bond acceptors (Lipinski definition) is 13. The quantitative estimate of drug-likeness (QED) is 0.198. The molecule has 1 aliphatic carbocycles. The maximum atomic E-state index is 15.2. The van der Waals surface area contributed by atoms with Crippen LogP contribution in [0.4, 0.5) is 4.79 Å². The molecule has 5 aliphatic rings. The topological polar surface area (TPSA) is 152 Å². The van der Waals surface area contributed by atoms with Crippen molar-refractivity contribution in [3.63, 3.8) is 0 Å². The number of rotatable bonds is 12. The molecule has 1 N–H and O–H groups in total. The van der Waals surface area contributed by atoms with Crippen molar-refractivity contribution < 1.29 is 57.4 Å². The Labute approximate surface area is 422 Å². The number of amides is 1. The molecule has 1 aromatic rings. The van der Waals surface area contributed by atoms with Crippen molar-refractivity contribution in [2.75, 3.05) is 27.8 Å². The second-order valence-corrected chi connectivity index (χ2v) is 23.1. The summed E-state index contributed by atoms with van der Waals surface area (Å²) in [4.78, 5) is 48.5. The number of esters is 1. The third-order valence-corrected chi connectivity index (χ3v) is 18.1. The molecule has 19 atom stereocenters. The highest BCUT2D eigenvalue weighted by molar-refractivity contribution is 6.42. The summed E-state index contributed by atoms with van der Waals surface area (Å²) < 4.78 is 52.7. The molecule has 1 amide bonds. The van der Waals surface area contributed by atoms with Crippen LogP contribution in [-0.4, -0.2) is 145 Å². The highest BCUT2D eigenvalue weighted by Crippen LogP contribution is 2.45. The fraction of sp³-hybridized carbons (Fsp3) is 0.830. The largest absolute Gasteiger partial charge is 0.458 e. The average molecular weight is 1010 g/mol. The number of ether oxygens (including phenoxy) is 8. The van der Waals surface area contributed by atoms with Crippen molar-refractivity contribution in [2.24, 2.45) is 35.5 Å². The fourth-order valence-electron chi connectivity index (χ4n) is 12.7. The summed E-state index contributed by atoms with van der Waals surface area (Å²) in [6.45, 7) is 23.6. The number of carbonyl (C=O) groups excluding carboxylic acids is 3. The first-order valence-corrected chi connectivity index (χ1v) is 26.4. The maximum Gasteiger partial charge on any atom is 0.410 e. The van der Waals surface area contributed by atoms with Gasteiger partial charge in [0.15, 0.2) is 18.2 Å². The highest BCUT2D eigenvalue weighted by Gasteiger charge is 2.61. The van der Waals surface area contributed by atoms with E-state index >= 15 is 9.59 Å². The second-order valence-electron chi connectivity index (χ2n) is 22.3. The molecule has 69 heavy (non-hydrogen) atoms. The standard InChI is InChI=1S/C53H84Cl2N2O12/c1-16-41-53(12)46(57(50(61)69-53)20-19-36-17-18-39(54)40(55)24-36)32(6)44(58)30(4)26-52(11,63-15)48(68-42-25-38(23-31(5)64-42)56(13)37-21-28(2)29(3)22-37)33(7)45(34(8)49(60)66-41)67-43-27-51(10,62-14)47(59)35(9)65-43/h17-18,24,28-35,37-38,41-43,45-48,59H,16,19-23,25-27H2,1-15H3/t28?,29?,30-,31-,32+,33+,34-,35+,37?,38+,41-,42+,43+,45+,46-,47+,48-,51-,52+,53-/m1/s1. The van der Waals surface area contributed by atoms with Crippen LogP contribution < -0.4 is 0 Å². The molecule has 2 unspecified atom stereocenters. The summed E-state index contributed by atoms with van der Waals surface area (Å²) in [7, 11) is 5.40. The number of aliphatic hydroxyl groups excluding tert-OH is 1. The van der Waals surface area contributed by atoms with Crippen LogP contribution >= 0.6 is 23.2 Å². The van der Waals surface area contributed by atoms with E-state index in [1.165, 1.54) is 0 Å². The average Bonchev–Trinajstić information content (AvgIpc) is 3.78. The predicted molar refractivity (Wildman–Crippen MR) is 264 cm³/mol. The van der Waals surface area contributed by atoms with Crippen molar-refractivity contribution >= 4 is 41.0 Å². The minimum absolute atomic E-state index is 0.107. The van der Waals surface area contributed by atoms with Gasteiger partial charge in [-0.3, -0.25) is 14.5 Å². The molecule has 4 heterocycles. The molecule has 14 nitrogen and oxygen atoms in total. The number of halogens is 2. The van der Waals surface area contributed by atoms with Gasteiger partial charge in [0.05, 0.1) is 57.6 Å². The maximum absolute atomic E-state index is 15.2. The predicted octanol–water partition coefficient (Wildman–Crippen LogP) is 9.29. The Kier molecular flexibility index (Phi) is 18.4. The Bertz CT molecular complexity index is 1940. The number of hydrogen-bond donors (Lipinski definition) is 1. The lowest BCUT2D eigenvalue weighted by Crippen LogP contribution is -2.60. The molecule has 0 radical (unpaired) electrons. The van der Waals surface area contributed by atoms with Crippen LogP contribution in [0.15, 0.2) is 18.2 Å². The molecule has 0 spiro atoms. The van der Waals surface area contributed by atoms with E-state index < -0.39 is 102 Å². The van der Waals surface area contributed by atoms with Crippen LogP contribution in [0.3, 0.4) is 0 Å². The first-order chi connectivity index (χ1) is 32.3. The molecule has 1 aromatic carbocycles. The van der Waals surface area contributed by atoms with Crippen LogP contribution in [0.1, 0.15) is 134 Å². The van der Waals surface area contributed by atoms with E-state index in [1.807, 2.05) is 47.6 Å². The van der Waals surface area contributed by atoms with Crippen LogP contribution in [0.2, 0.25) is 10.0 Å². The van der Waals surface area contributed by atoms with E-state index in [-0.39, 0.29) is 43.7 Å². The number of ketones is 1. The van der Waals surface area contributed by atoms with Gasteiger partial charge in [0, 0.05) is 63.4 Å². The number of Topliss-reactive ketones (excluding diaryl/α,β-unsaturated/α-hetero) is 1. The van der Waals surface area contributed by atoms with Gasteiger partial charge in [-0.2, -0.15) is 0 Å². The van der Waals surface area contributed by atoms with Gasteiger partial charge < -0.3 is 47.9 Å². The molecule has 0 aromatic heterocycles. The minimum atomic E-state index is -1.43. The van der Waals surface area contributed by atoms with Crippen molar-refractivity contribution in [1.29, 1.82) is 0 Å². The number of cyclic esters (lactones) is 1. The minimum Gasteiger partial charge on any atom is -0.458 e. The van der Waals surface area contributed by atoms with Gasteiger partial charge >= 0.3 is 12.1 Å². The Morgan fingerprint density at radius 2 is 1.45 bits per heavy atom. The van der Waals surface area contributed by atoms with Gasteiger partial charge in [0.1, 0.15) is 18.0 Å². The number of fused-ring (bicyclic) bond motifs is 1. The smallest absolute Gasteiger partial charge is 0.410 e. The van der Waals surface area contributed by atoms with Crippen LogP contribution in [0, 0.1) is 35.5 Å². The molecular formula is C53H84Cl2N2O12. The molecule has 4 saturated heterocycles. The van der Waals surface area contributed by atoms with E-state index in [2.05, 4.69) is 32.7 Å². The summed E-state index contributed by atoms with van der Waals surface area (Å²) in [5.74, 6) is -2.32. The molecule has 1 saturated carbocycles.